The fraction of sp³-hybridized carbons (Fsp3) is 0.333. The summed E-state index contributed by atoms with van der Waals surface area (Å²) in [5.74, 6) is 0.720. The highest BCUT2D eigenvalue weighted by Gasteiger charge is 2.10. The molecule has 1 amide bonds. The normalized spacial score (nSPS) is 12.0. The third-order valence-electron chi connectivity index (χ3n) is 4.48. The van der Waals surface area contributed by atoms with Gasteiger partial charge < -0.3 is 9.30 Å². The van der Waals surface area contributed by atoms with Crippen molar-refractivity contribution in [3.8, 4) is 5.75 Å². The molecule has 0 aliphatic carbocycles. The minimum atomic E-state index is -0.118. The highest BCUT2D eigenvalue weighted by Crippen LogP contribution is 2.23. The average molecular weight is 369 g/mol. The number of ether oxygens (including phenoxy) is 1. The molecule has 0 aliphatic heterocycles. The molecule has 0 fully saturated rings. The molecule has 4 nitrogen and oxygen atoms in total. The lowest BCUT2D eigenvalue weighted by Gasteiger charge is -2.09. The molecule has 136 valence electrons. The van der Waals surface area contributed by atoms with Gasteiger partial charge in [-0.15, -0.1) is 0 Å². The van der Waals surface area contributed by atoms with Crippen LogP contribution < -0.4 is 9.54 Å². The van der Waals surface area contributed by atoms with E-state index in [1.807, 2.05) is 36.7 Å². The van der Waals surface area contributed by atoms with E-state index in [1.54, 1.807) is 0 Å². The lowest BCUT2D eigenvalue weighted by atomic mass is 9.97. The van der Waals surface area contributed by atoms with Crippen LogP contribution in [0.5, 0.6) is 5.75 Å². The minimum Gasteiger partial charge on any atom is -0.494 e. The molecule has 0 unspecified atom stereocenters. The number of carbonyl (C=O) groups is 1. The van der Waals surface area contributed by atoms with Crippen molar-refractivity contribution in [1.29, 1.82) is 0 Å². The fourth-order valence-corrected chi connectivity index (χ4v) is 4.33. The number of aromatic nitrogens is 1. The fourth-order valence-electron chi connectivity index (χ4n) is 3.26. The van der Waals surface area contributed by atoms with Gasteiger partial charge >= 0.3 is 0 Å². The zero-order valence-electron chi connectivity index (χ0n) is 15.9. The predicted octanol–water partition coefficient (Wildman–Crippen LogP) is 4.23. The lowest BCUT2D eigenvalue weighted by Crippen LogP contribution is -2.14. The van der Waals surface area contributed by atoms with E-state index >= 15 is 0 Å². The molecular formula is C21H24N2O2S. The average Bonchev–Trinajstić information content (AvgIpc) is 2.87. The summed E-state index contributed by atoms with van der Waals surface area (Å²) in [7, 11) is 1.94. The van der Waals surface area contributed by atoms with Gasteiger partial charge in [-0.2, -0.15) is 4.99 Å². The predicted molar refractivity (Wildman–Crippen MR) is 107 cm³/mol. The molecule has 0 saturated heterocycles. The maximum absolute atomic E-state index is 12.6. The summed E-state index contributed by atoms with van der Waals surface area (Å²) in [6.07, 6.45) is 0.330. The van der Waals surface area contributed by atoms with Crippen LogP contribution in [0.15, 0.2) is 35.3 Å². The number of carbonyl (C=O) groups excluding carboxylic acids is 1. The van der Waals surface area contributed by atoms with Crippen LogP contribution in [0, 0.1) is 20.8 Å². The van der Waals surface area contributed by atoms with Gasteiger partial charge in [-0.25, -0.2) is 0 Å². The van der Waals surface area contributed by atoms with Gasteiger partial charge in [0.15, 0.2) is 4.80 Å². The second-order valence-corrected chi connectivity index (χ2v) is 7.57. The highest BCUT2D eigenvalue weighted by molar-refractivity contribution is 7.16. The summed E-state index contributed by atoms with van der Waals surface area (Å²) in [4.78, 5) is 17.7. The Hall–Kier alpha value is -2.40. The molecule has 2 aromatic carbocycles. The van der Waals surface area contributed by atoms with Gasteiger partial charge in [-0.05, 0) is 62.6 Å². The zero-order chi connectivity index (χ0) is 18.8. The van der Waals surface area contributed by atoms with Gasteiger partial charge in [0.05, 0.1) is 23.2 Å². The molecule has 0 radical (unpaired) electrons. The zero-order valence-corrected chi connectivity index (χ0v) is 16.7. The van der Waals surface area contributed by atoms with E-state index in [0.29, 0.717) is 17.8 Å². The SMILES string of the molecule is CCOc1ccc2c(c1)sc(=NC(=O)Cc1c(C)cc(C)cc1C)n2C. The first-order chi connectivity index (χ1) is 12.4. The minimum absolute atomic E-state index is 0.118. The Morgan fingerprint density at radius 2 is 1.85 bits per heavy atom. The first-order valence-corrected chi connectivity index (χ1v) is 9.57. The van der Waals surface area contributed by atoms with Crippen molar-refractivity contribution in [2.45, 2.75) is 34.1 Å². The van der Waals surface area contributed by atoms with Crippen LogP contribution in [0.4, 0.5) is 0 Å². The number of fused-ring (bicyclic) bond motifs is 1. The molecule has 0 spiro atoms. The number of rotatable bonds is 4. The number of thiazole rings is 1. The van der Waals surface area contributed by atoms with Gasteiger partial charge in [-0.1, -0.05) is 29.0 Å². The molecule has 0 bridgehead atoms. The molecule has 1 aromatic heterocycles. The Morgan fingerprint density at radius 3 is 2.50 bits per heavy atom. The van der Waals surface area contributed by atoms with Gasteiger partial charge in [0.25, 0.3) is 5.91 Å². The van der Waals surface area contributed by atoms with Crippen molar-refractivity contribution in [2.75, 3.05) is 6.61 Å². The third kappa shape index (κ3) is 3.73. The van der Waals surface area contributed by atoms with E-state index in [1.165, 1.54) is 16.9 Å². The molecule has 3 aromatic rings. The van der Waals surface area contributed by atoms with Crippen LogP contribution in [0.2, 0.25) is 0 Å². The van der Waals surface area contributed by atoms with Crippen LogP contribution in [0.1, 0.15) is 29.2 Å². The standard InChI is InChI=1S/C21H24N2O2S/c1-6-25-16-7-8-18-19(11-16)26-21(23(18)5)22-20(24)12-17-14(3)9-13(2)10-15(17)4/h7-11H,6,12H2,1-5H3. The molecule has 0 aliphatic rings. The van der Waals surface area contributed by atoms with Crippen molar-refractivity contribution in [2.24, 2.45) is 12.0 Å². The number of nitrogens with zero attached hydrogens (tertiary/aromatic N) is 2. The maximum Gasteiger partial charge on any atom is 0.252 e. The van der Waals surface area contributed by atoms with Crippen molar-refractivity contribution in [1.82, 2.24) is 4.57 Å². The summed E-state index contributed by atoms with van der Waals surface area (Å²) < 4.78 is 8.58. The molecule has 26 heavy (non-hydrogen) atoms. The Morgan fingerprint density at radius 1 is 1.15 bits per heavy atom. The van der Waals surface area contributed by atoms with E-state index in [2.05, 4.69) is 37.9 Å². The van der Waals surface area contributed by atoms with Crippen LogP contribution in [-0.2, 0) is 18.3 Å². The van der Waals surface area contributed by atoms with Crippen molar-refractivity contribution in [3.63, 3.8) is 0 Å². The molecule has 0 saturated carbocycles. The first kappa shape index (κ1) is 18.4. The molecule has 3 rings (SSSR count). The van der Waals surface area contributed by atoms with Crippen LogP contribution in [0.25, 0.3) is 10.2 Å². The van der Waals surface area contributed by atoms with E-state index in [0.717, 1.165) is 32.7 Å². The largest absolute Gasteiger partial charge is 0.494 e. The second kappa shape index (κ2) is 7.46. The van der Waals surface area contributed by atoms with Gasteiger partial charge in [-0.3, -0.25) is 4.79 Å². The lowest BCUT2D eigenvalue weighted by molar-refractivity contribution is -0.117. The Labute approximate surface area is 157 Å². The molecule has 0 N–H and O–H groups in total. The number of hydrogen-bond acceptors (Lipinski definition) is 3. The van der Waals surface area contributed by atoms with Crippen molar-refractivity contribution in [3.05, 3.63) is 57.4 Å². The summed E-state index contributed by atoms with van der Waals surface area (Å²) in [5.41, 5.74) is 5.63. The second-order valence-electron chi connectivity index (χ2n) is 6.57. The maximum atomic E-state index is 12.6. The smallest absolute Gasteiger partial charge is 0.252 e. The Balaban J connectivity index is 1.94. The summed E-state index contributed by atoms with van der Waals surface area (Å²) >= 11 is 1.51. The molecular weight excluding hydrogens is 344 g/mol. The van der Waals surface area contributed by atoms with E-state index in [-0.39, 0.29) is 5.91 Å². The number of hydrogen-bond donors (Lipinski definition) is 0. The first-order valence-electron chi connectivity index (χ1n) is 8.75. The molecule has 1 heterocycles. The highest BCUT2D eigenvalue weighted by atomic mass is 32.1. The van der Waals surface area contributed by atoms with E-state index < -0.39 is 0 Å². The topological polar surface area (TPSA) is 43.6 Å². The van der Waals surface area contributed by atoms with Crippen molar-refractivity contribution >= 4 is 27.5 Å². The molecule has 5 heteroatoms. The Kier molecular flexibility index (Phi) is 5.28. The van der Waals surface area contributed by atoms with Gasteiger partial charge in [0, 0.05) is 7.05 Å². The van der Waals surface area contributed by atoms with Crippen LogP contribution >= 0.6 is 11.3 Å². The summed E-state index contributed by atoms with van der Waals surface area (Å²) in [5, 5.41) is 0. The van der Waals surface area contributed by atoms with Crippen LogP contribution in [-0.4, -0.2) is 17.1 Å². The quantitative estimate of drug-likeness (QED) is 0.691. The van der Waals surface area contributed by atoms with Crippen molar-refractivity contribution < 1.29 is 9.53 Å². The number of aryl methyl sites for hydroxylation is 4. The van der Waals surface area contributed by atoms with E-state index in [4.69, 9.17) is 4.74 Å². The Bertz CT molecular complexity index is 1020. The van der Waals surface area contributed by atoms with Gasteiger partial charge in [0.2, 0.25) is 0 Å². The monoisotopic (exact) mass is 368 g/mol. The molecule has 0 atom stereocenters. The number of amides is 1. The summed E-state index contributed by atoms with van der Waals surface area (Å²) in [6.45, 7) is 8.78. The van der Waals surface area contributed by atoms with Crippen LogP contribution in [0.3, 0.4) is 0 Å². The van der Waals surface area contributed by atoms with Gasteiger partial charge in [0.1, 0.15) is 5.75 Å². The summed E-state index contributed by atoms with van der Waals surface area (Å²) in [6, 6.07) is 10.2. The third-order valence-corrected chi connectivity index (χ3v) is 5.58. The van der Waals surface area contributed by atoms with E-state index in [9.17, 15) is 4.79 Å². The number of benzene rings is 2.